The number of benzene rings is 2. The highest BCUT2D eigenvalue weighted by molar-refractivity contribution is 9.10. The molecule has 0 saturated heterocycles. The normalized spacial score (nSPS) is 21.7. The second-order valence-electron chi connectivity index (χ2n) is 9.87. The van der Waals surface area contributed by atoms with Crippen molar-refractivity contribution in [3.05, 3.63) is 63.1 Å². The summed E-state index contributed by atoms with van der Waals surface area (Å²) in [4.78, 5) is 1.79. The van der Waals surface area contributed by atoms with Crippen molar-refractivity contribution in [2.24, 2.45) is 5.92 Å². The lowest BCUT2D eigenvalue weighted by Gasteiger charge is -2.44. The third-order valence-electron chi connectivity index (χ3n) is 6.15. The number of halogens is 4. The average molecular weight is 545 g/mol. The minimum Gasteiger partial charge on any atom is -0.286 e. The highest BCUT2D eigenvalue weighted by atomic mass is 79.9. The van der Waals surface area contributed by atoms with E-state index in [1.54, 1.807) is 23.1 Å². The van der Waals surface area contributed by atoms with Gasteiger partial charge in [0.25, 0.3) is 0 Å². The van der Waals surface area contributed by atoms with Crippen LogP contribution in [0.5, 0.6) is 0 Å². The Labute approximate surface area is 201 Å². The lowest BCUT2D eigenvalue weighted by molar-refractivity contribution is 0.0653. The molecule has 0 spiro atoms. The predicted octanol–water partition coefficient (Wildman–Crippen LogP) is 5.96. The van der Waals surface area contributed by atoms with Crippen LogP contribution in [-0.4, -0.2) is 37.3 Å². The van der Waals surface area contributed by atoms with Gasteiger partial charge in [0, 0.05) is 28.3 Å². The lowest BCUT2D eigenvalue weighted by Crippen LogP contribution is -2.48. The van der Waals surface area contributed by atoms with Crippen LogP contribution in [0.3, 0.4) is 0 Å². The van der Waals surface area contributed by atoms with Gasteiger partial charge in [0.15, 0.2) is 0 Å². The van der Waals surface area contributed by atoms with Gasteiger partial charge in [-0.05, 0) is 81.3 Å². The third kappa shape index (κ3) is 5.74. The molecule has 1 saturated carbocycles. The number of sulfonamides is 1. The first-order chi connectivity index (χ1) is 15.3. The van der Waals surface area contributed by atoms with Crippen molar-refractivity contribution in [2.75, 3.05) is 17.0 Å². The number of rotatable bonds is 7. The second-order valence-corrected chi connectivity index (χ2v) is 12.6. The molecule has 33 heavy (non-hydrogen) atoms. The quantitative estimate of drug-likeness (QED) is 0.467. The Balaban J connectivity index is 1.77. The zero-order valence-electron chi connectivity index (χ0n) is 18.8. The SMILES string of the molecule is C[C@@H]1Cc2cc(NS(=O)(=O)CC3CC3)ccc2[C@@H](c2c(F)cc(Br)cc2F)N1CC(C)(C)F. The molecule has 2 aliphatic rings. The minimum absolute atomic E-state index is 0.0109. The van der Waals surface area contributed by atoms with Crippen LogP contribution in [0.2, 0.25) is 0 Å². The molecule has 1 N–H and O–H groups in total. The second kappa shape index (κ2) is 8.89. The van der Waals surface area contributed by atoms with Gasteiger partial charge in [0.2, 0.25) is 10.0 Å². The van der Waals surface area contributed by atoms with Crippen molar-refractivity contribution < 1.29 is 21.6 Å². The molecule has 180 valence electrons. The molecule has 1 aliphatic carbocycles. The van der Waals surface area contributed by atoms with E-state index in [1.807, 2.05) is 6.92 Å². The summed E-state index contributed by atoms with van der Waals surface area (Å²) in [5.41, 5.74) is 0.134. The minimum atomic E-state index is -3.47. The van der Waals surface area contributed by atoms with Gasteiger partial charge in [-0.3, -0.25) is 9.62 Å². The highest BCUT2D eigenvalue weighted by Gasteiger charge is 2.39. The number of nitrogens with zero attached hydrogens (tertiary/aromatic N) is 1. The fourth-order valence-corrected chi connectivity index (χ4v) is 6.54. The number of alkyl halides is 1. The Hall–Kier alpha value is -1.58. The molecular weight excluding hydrogens is 517 g/mol. The van der Waals surface area contributed by atoms with Crippen LogP contribution >= 0.6 is 15.9 Å². The lowest BCUT2D eigenvalue weighted by atomic mass is 9.83. The summed E-state index contributed by atoms with van der Waals surface area (Å²) in [5.74, 6) is -1.13. The van der Waals surface area contributed by atoms with Gasteiger partial charge >= 0.3 is 0 Å². The molecule has 9 heteroatoms. The largest absolute Gasteiger partial charge is 0.286 e. The van der Waals surface area contributed by atoms with E-state index in [0.717, 1.165) is 18.4 Å². The van der Waals surface area contributed by atoms with Gasteiger partial charge in [-0.2, -0.15) is 0 Å². The molecule has 2 atom stereocenters. The van der Waals surface area contributed by atoms with E-state index in [1.165, 1.54) is 26.0 Å². The molecule has 0 amide bonds. The highest BCUT2D eigenvalue weighted by Crippen LogP contribution is 2.42. The first-order valence-electron chi connectivity index (χ1n) is 11.1. The van der Waals surface area contributed by atoms with Crippen LogP contribution in [0.25, 0.3) is 0 Å². The van der Waals surface area contributed by atoms with Gasteiger partial charge in [0.1, 0.15) is 17.3 Å². The fourth-order valence-electron chi connectivity index (χ4n) is 4.61. The summed E-state index contributed by atoms with van der Waals surface area (Å²) in [5, 5.41) is 0. The van der Waals surface area contributed by atoms with Crippen molar-refractivity contribution in [3.63, 3.8) is 0 Å². The van der Waals surface area contributed by atoms with Crippen molar-refractivity contribution in [1.82, 2.24) is 4.90 Å². The number of anilines is 1. The molecule has 0 unspecified atom stereocenters. The van der Waals surface area contributed by atoms with E-state index >= 15 is 8.78 Å². The van der Waals surface area contributed by atoms with E-state index < -0.39 is 33.4 Å². The van der Waals surface area contributed by atoms with E-state index in [4.69, 9.17) is 0 Å². The van der Waals surface area contributed by atoms with E-state index in [0.29, 0.717) is 17.7 Å². The molecule has 0 radical (unpaired) electrons. The number of nitrogens with one attached hydrogen (secondary N) is 1. The Morgan fingerprint density at radius 1 is 1.15 bits per heavy atom. The monoisotopic (exact) mass is 544 g/mol. The molecule has 1 fully saturated rings. The maximum atomic E-state index is 15.1. The zero-order chi connectivity index (χ0) is 24.1. The summed E-state index contributed by atoms with van der Waals surface area (Å²) in [6.45, 7) is 4.76. The molecule has 0 aromatic heterocycles. The predicted molar refractivity (Wildman–Crippen MR) is 128 cm³/mol. The van der Waals surface area contributed by atoms with Gasteiger partial charge in [-0.1, -0.05) is 22.0 Å². The zero-order valence-corrected chi connectivity index (χ0v) is 21.2. The van der Waals surface area contributed by atoms with Crippen LogP contribution in [0, 0.1) is 17.6 Å². The molecule has 4 rings (SSSR count). The van der Waals surface area contributed by atoms with Crippen molar-refractivity contribution in [1.29, 1.82) is 0 Å². The van der Waals surface area contributed by atoms with E-state index in [-0.39, 0.29) is 34.3 Å². The smallest absolute Gasteiger partial charge is 0.232 e. The molecule has 2 aromatic rings. The van der Waals surface area contributed by atoms with Crippen molar-refractivity contribution in [2.45, 2.75) is 57.8 Å². The van der Waals surface area contributed by atoms with Gasteiger partial charge in [-0.15, -0.1) is 0 Å². The maximum Gasteiger partial charge on any atom is 0.232 e. The van der Waals surface area contributed by atoms with E-state index in [2.05, 4.69) is 20.7 Å². The first-order valence-corrected chi connectivity index (χ1v) is 13.5. The number of hydrogen-bond donors (Lipinski definition) is 1. The Bertz CT molecular complexity index is 1140. The Morgan fingerprint density at radius 3 is 2.36 bits per heavy atom. The number of hydrogen-bond acceptors (Lipinski definition) is 3. The summed E-state index contributed by atoms with van der Waals surface area (Å²) >= 11 is 3.12. The Kier molecular flexibility index (Phi) is 6.61. The van der Waals surface area contributed by atoms with E-state index in [9.17, 15) is 12.8 Å². The van der Waals surface area contributed by atoms with Gasteiger partial charge in [0.05, 0.1) is 11.8 Å². The molecule has 2 aromatic carbocycles. The van der Waals surface area contributed by atoms with Crippen LogP contribution < -0.4 is 4.72 Å². The molecule has 0 bridgehead atoms. The molecule has 4 nitrogen and oxygen atoms in total. The summed E-state index contributed by atoms with van der Waals surface area (Å²) < 4.78 is 72.6. The summed E-state index contributed by atoms with van der Waals surface area (Å²) in [6, 6.07) is 6.38. The summed E-state index contributed by atoms with van der Waals surface area (Å²) in [6.07, 6.45) is 2.35. The number of fused-ring (bicyclic) bond motifs is 1. The maximum absolute atomic E-state index is 15.1. The van der Waals surface area contributed by atoms with Crippen molar-refractivity contribution in [3.8, 4) is 0 Å². The van der Waals surface area contributed by atoms with Crippen LogP contribution in [0.15, 0.2) is 34.8 Å². The standard InChI is InChI=1S/C24H28BrF3N2O2S/c1-14-8-16-9-18(29-33(31,32)12-15-4-5-15)6-7-19(16)23(30(14)13-24(2,3)28)22-20(26)10-17(25)11-21(22)27/h6-7,9-11,14-15,23,29H,4-5,8,12-13H2,1-3H3/t14-,23+/m1/s1. The molecule has 1 heterocycles. The van der Waals surface area contributed by atoms with Gasteiger partial charge < -0.3 is 0 Å². The average Bonchev–Trinajstić information content (AvgIpc) is 3.45. The van der Waals surface area contributed by atoms with Crippen molar-refractivity contribution >= 4 is 31.6 Å². The van der Waals surface area contributed by atoms with Crippen LogP contribution in [-0.2, 0) is 16.4 Å². The van der Waals surface area contributed by atoms with Crippen LogP contribution in [0.1, 0.15) is 56.3 Å². The summed E-state index contributed by atoms with van der Waals surface area (Å²) in [7, 11) is -3.47. The third-order valence-corrected chi connectivity index (χ3v) is 8.07. The molecular formula is C24H28BrF3N2O2S. The Morgan fingerprint density at radius 2 is 1.79 bits per heavy atom. The van der Waals surface area contributed by atoms with Gasteiger partial charge in [-0.25, -0.2) is 21.6 Å². The topological polar surface area (TPSA) is 49.4 Å². The molecule has 1 aliphatic heterocycles. The fraction of sp³-hybridized carbons (Fsp3) is 0.500. The first kappa shape index (κ1) is 24.5. The van der Waals surface area contributed by atoms with Crippen LogP contribution in [0.4, 0.5) is 18.9 Å².